The molecule has 1 amide bonds. The van der Waals surface area contributed by atoms with Crippen LogP contribution in [0.1, 0.15) is 27.3 Å². The van der Waals surface area contributed by atoms with Crippen LogP contribution < -0.4 is 10.6 Å². The predicted molar refractivity (Wildman–Crippen MR) is 78.8 cm³/mol. The Morgan fingerprint density at radius 2 is 2.10 bits per heavy atom. The highest BCUT2D eigenvalue weighted by atomic mass is 16.1. The van der Waals surface area contributed by atoms with Crippen molar-refractivity contribution in [2.24, 2.45) is 0 Å². The van der Waals surface area contributed by atoms with Gasteiger partial charge in [0.15, 0.2) is 0 Å². The smallest absolute Gasteiger partial charge is 0.274 e. The van der Waals surface area contributed by atoms with Crippen molar-refractivity contribution in [3.05, 3.63) is 58.9 Å². The molecule has 1 aromatic heterocycles. The molecular formula is C16H17N3O. The topological polar surface area (TPSA) is 54.0 Å². The lowest BCUT2D eigenvalue weighted by atomic mass is 9.99. The first kappa shape index (κ1) is 12.8. The third-order valence-corrected chi connectivity index (χ3v) is 3.51. The zero-order valence-electron chi connectivity index (χ0n) is 11.4. The number of nitrogens with zero attached hydrogens (tertiary/aromatic N) is 1. The van der Waals surface area contributed by atoms with Gasteiger partial charge in [0.2, 0.25) is 0 Å². The SMILES string of the molecule is Cc1cccc(C(=O)Nc2cccc3c2CCNC3)n1. The molecule has 0 bridgehead atoms. The second-order valence-corrected chi connectivity index (χ2v) is 4.99. The van der Waals surface area contributed by atoms with Gasteiger partial charge >= 0.3 is 0 Å². The van der Waals surface area contributed by atoms with Gasteiger partial charge in [0, 0.05) is 17.9 Å². The third-order valence-electron chi connectivity index (χ3n) is 3.51. The minimum Gasteiger partial charge on any atom is -0.320 e. The molecule has 0 fully saturated rings. The van der Waals surface area contributed by atoms with E-state index in [1.165, 1.54) is 11.1 Å². The van der Waals surface area contributed by atoms with Crippen LogP contribution in [0.15, 0.2) is 36.4 Å². The number of benzene rings is 1. The van der Waals surface area contributed by atoms with E-state index >= 15 is 0 Å². The van der Waals surface area contributed by atoms with Gasteiger partial charge in [-0.3, -0.25) is 4.79 Å². The normalized spacial score (nSPS) is 13.7. The Kier molecular flexibility index (Phi) is 3.48. The van der Waals surface area contributed by atoms with Crippen LogP contribution in [0.2, 0.25) is 0 Å². The molecule has 4 nitrogen and oxygen atoms in total. The summed E-state index contributed by atoms with van der Waals surface area (Å²) in [4.78, 5) is 16.5. The highest BCUT2D eigenvalue weighted by molar-refractivity contribution is 6.03. The van der Waals surface area contributed by atoms with Crippen molar-refractivity contribution < 1.29 is 4.79 Å². The zero-order chi connectivity index (χ0) is 13.9. The third kappa shape index (κ3) is 2.56. The second kappa shape index (κ2) is 5.43. The number of pyridine rings is 1. The van der Waals surface area contributed by atoms with Gasteiger partial charge in [-0.2, -0.15) is 0 Å². The number of carbonyl (C=O) groups excluding carboxylic acids is 1. The summed E-state index contributed by atoms with van der Waals surface area (Å²) in [6.45, 7) is 3.69. The van der Waals surface area contributed by atoms with E-state index in [1.54, 1.807) is 6.07 Å². The van der Waals surface area contributed by atoms with Gasteiger partial charge in [-0.05, 0) is 49.2 Å². The highest BCUT2D eigenvalue weighted by Crippen LogP contribution is 2.23. The van der Waals surface area contributed by atoms with E-state index in [2.05, 4.69) is 21.7 Å². The standard InChI is InChI=1S/C16H17N3O/c1-11-4-2-7-15(18-11)16(20)19-14-6-3-5-12-10-17-9-8-13(12)14/h2-7,17H,8-10H2,1H3,(H,19,20). The van der Waals surface area contributed by atoms with Crippen molar-refractivity contribution in [3.63, 3.8) is 0 Å². The molecule has 0 saturated heterocycles. The molecule has 3 rings (SSSR count). The van der Waals surface area contributed by atoms with Crippen LogP contribution in [0.5, 0.6) is 0 Å². The van der Waals surface area contributed by atoms with Crippen molar-refractivity contribution in [1.82, 2.24) is 10.3 Å². The number of hydrogen-bond donors (Lipinski definition) is 2. The average molecular weight is 267 g/mol. The molecule has 0 atom stereocenters. The quantitative estimate of drug-likeness (QED) is 0.877. The Balaban J connectivity index is 1.86. The van der Waals surface area contributed by atoms with E-state index < -0.39 is 0 Å². The van der Waals surface area contributed by atoms with Crippen molar-refractivity contribution in [2.75, 3.05) is 11.9 Å². The van der Waals surface area contributed by atoms with Crippen LogP contribution in [-0.4, -0.2) is 17.4 Å². The van der Waals surface area contributed by atoms with Crippen LogP contribution in [0.4, 0.5) is 5.69 Å². The first-order valence-electron chi connectivity index (χ1n) is 6.80. The molecule has 1 aliphatic heterocycles. The number of nitrogens with one attached hydrogen (secondary N) is 2. The van der Waals surface area contributed by atoms with Gasteiger partial charge in [-0.25, -0.2) is 4.98 Å². The summed E-state index contributed by atoms with van der Waals surface area (Å²) in [6.07, 6.45) is 0.938. The van der Waals surface area contributed by atoms with E-state index in [1.807, 2.05) is 31.2 Å². The molecule has 1 aliphatic rings. The molecule has 0 spiro atoms. The molecule has 0 radical (unpaired) electrons. The summed E-state index contributed by atoms with van der Waals surface area (Å²) in [5, 5.41) is 6.32. The summed E-state index contributed by atoms with van der Waals surface area (Å²) >= 11 is 0. The largest absolute Gasteiger partial charge is 0.320 e. The number of carbonyl (C=O) groups is 1. The Hall–Kier alpha value is -2.20. The number of aryl methyl sites for hydroxylation is 1. The first-order chi connectivity index (χ1) is 9.74. The number of rotatable bonds is 2. The molecule has 0 aliphatic carbocycles. The lowest BCUT2D eigenvalue weighted by Gasteiger charge is -2.20. The Labute approximate surface area is 118 Å². The summed E-state index contributed by atoms with van der Waals surface area (Å²) < 4.78 is 0. The summed E-state index contributed by atoms with van der Waals surface area (Å²) in [6, 6.07) is 11.5. The number of fused-ring (bicyclic) bond motifs is 1. The molecule has 20 heavy (non-hydrogen) atoms. The van der Waals surface area contributed by atoms with E-state index in [-0.39, 0.29) is 5.91 Å². The number of amides is 1. The van der Waals surface area contributed by atoms with E-state index in [9.17, 15) is 4.79 Å². The molecular weight excluding hydrogens is 250 g/mol. The Bertz CT molecular complexity index is 652. The zero-order valence-corrected chi connectivity index (χ0v) is 11.4. The lowest BCUT2D eigenvalue weighted by molar-refractivity contribution is 0.102. The maximum Gasteiger partial charge on any atom is 0.274 e. The van der Waals surface area contributed by atoms with Crippen molar-refractivity contribution >= 4 is 11.6 Å². The van der Waals surface area contributed by atoms with Gasteiger partial charge in [-0.15, -0.1) is 0 Å². The van der Waals surface area contributed by atoms with Gasteiger partial charge in [0.1, 0.15) is 5.69 Å². The fourth-order valence-electron chi connectivity index (χ4n) is 2.50. The molecule has 2 aromatic rings. The molecule has 102 valence electrons. The molecule has 0 unspecified atom stereocenters. The predicted octanol–water partition coefficient (Wildman–Crippen LogP) is 2.29. The van der Waals surface area contributed by atoms with Crippen LogP contribution in [0.25, 0.3) is 0 Å². The second-order valence-electron chi connectivity index (χ2n) is 4.99. The number of aromatic nitrogens is 1. The Morgan fingerprint density at radius 1 is 1.25 bits per heavy atom. The van der Waals surface area contributed by atoms with E-state index in [4.69, 9.17) is 0 Å². The lowest BCUT2D eigenvalue weighted by Crippen LogP contribution is -2.25. The number of hydrogen-bond acceptors (Lipinski definition) is 3. The fourth-order valence-corrected chi connectivity index (χ4v) is 2.50. The van der Waals surface area contributed by atoms with Crippen LogP contribution in [0, 0.1) is 6.92 Å². The molecule has 0 saturated carbocycles. The maximum absolute atomic E-state index is 12.3. The monoisotopic (exact) mass is 267 g/mol. The van der Waals surface area contributed by atoms with Crippen LogP contribution in [0.3, 0.4) is 0 Å². The molecule has 1 aromatic carbocycles. The van der Waals surface area contributed by atoms with E-state index in [0.717, 1.165) is 30.9 Å². The van der Waals surface area contributed by atoms with Crippen LogP contribution >= 0.6 is 0 Å². The van der Waals surface area contributed by atoms with Crippen molar-refractivity contribution in [3.8, 4) is 0 Å². The summed E-state index contributed by atoms with van der Waals surface area (Å²) in [5.41, 5.74) is 4.68. The molecule has 2 N–H and O–H groups in total. The Morgan fingerprint density at radius 3 is 2.95 bits per heavy atom. The molecule has 4 heteroatoms. The van der Waals surface area contributed by atoms with E-state index in [0.29, 0.717) is 5.69 Å². The highest BCUT2D eigenvalue weighted by Gasteiger charge is 2.15. The van der Waals surface area contributed by atoms with Gasteiger partial charge in [-0.1, -0.05) is 18.2 Å². The summed E-state index contributed by atoms with van der Waals surface area (Å²) in [7, 11) is 0. The van der Waals surface area contributed by atoms with Gasteiger partial charge in [0.05, 0.1) is 0 Å². The molecule has 2 heterocycles. The van der Waals surface area contributed by atoms with Gasteiger partial charge in [0.25, 0.3) is 5.91 Å². The number of anilines is 1. The summed E-state index contributed by atoms with van der Waals surface area (Å²) in [5.74, 6) is -0.152. The maximum atomic E-state index is 12.3. The van der Waals surface area contributed by atoms with Crippen molar-refractivity contribution in [2.45, 2.75) is 19.9 Å². The minimum absolute atomic E-state index is 0.152. The van der Waals surface area contributed by atoms with Crippen LogP contribution in [-0.2, 0) is 13.0 Å². The first-order valence-corrected chi connectivity index (χ1v) is 6.80. The average Bonchev–Trinajstić information content (AvgIpc) is 2.47. The van der Waals surface area contributed by atoms with Gasteiger partial charge < -0.3 is 10.6 Å². The van der Waals surface area contributed by atoms with Crippen molar-refractivity contribution in [1.29, 1.82) is 0 Å². The fraction of sp³-hybridized carbons (Fsp3) is 0.250. The minimum atomic E-state index is -0.152.